The van der Waals surface area contributed by atoms with Crippen LogP contribution >= 0.6 is 0 Å². The Bertz CT molecular complexity index is 754. The van der Waals surface area contributed by atoms with Crippen LogP contribution in [0, 0.1) is 25.7 Å². The zero-order chi connectivity index (χ0) is 17.4. The van der Waals surface area contributed by atoms with Crippen molar-refractivity contribution in [3.8, 4) is 0 Å². The maximum absolute atomic E-state index is 12.9. The first kappa shape index (κ1) is 16.4. The van der Waals surface area contributed by atoms with Gasteiger partial charge in [0, 0.05) is 56.1 Å². The minimum absolute atomic E-state index is 0.136. The Morgan fingerprint density at radius 2 is 2.00 bits per heavy atom. The largest absolute Gasteiger partial charge is 0.342 e. The lowest BCUT2D eigenvalue weighted by Gasteiger charge is -2.35. The Kier molecular flexibility index (Phi) is 4.36. The summed E-state index contributed by atoms with van der Waals surface area (Å²) in [6, 6.07) is 2.13. The zero-order valence-electron chi connectivity index (χ0n) is 15.2. The van der Waals surface area contributed by atoms with E-state index in [9.17, 15) is 4.79 Å². The predicted octanol–water partition coefficient (Wildman–Crippen LogP) is 2.20. The molecule has 6 nitrogen and oxygen atoms in total. The summed E-state index contributed by atoms with van der Waals surface area (Å²) >= 11 is 0. The van der Waals surface area contributed by atoms with E-state index in [0.717, 1.165) is 57.6 Å². The highest BCUT2D eigenvalue weighted by atomic mass is 16.2. The van der Waals surface area contributed by atoms with Crippen LogP contribution in [0.1, 0.15) is 36.3 Å². The Morgan fingerprint density at radius 1 is 1.20 bits per heavy atom. The zero-order valence-corrected chi connectivity index (χ0v) is 15.2. The van der Waals surface area contributed by atoms with E-state index in [0.29, 0.717) is 11.8 Å². The van der Waals surface area contributed by atoms with Gasteiger partial charge < -0.3 is 9.47 Å². The second-order valence-electron chi connectivity index (χ2n) is 7.65. The van der Waals surface area contributed by atoms with E-state index in [-0.39, 0.29) is 5.92 Å². The molecule has 6 heteroatoms. The Labute approximate surface area is 148 Å². The fourth-order valence-corrected chi connectivity index (χ4v) is 4.28. The fraction of sp³-hybridized carbons (Fsp3) is 0.632. The van der Waals surface area contributed by atoms with Crippen LogP contribution in [0.4, 0.5) is 0 Å². The van der Waals surface area contributed by atoms with Gasteiger partial charge in [0.25, 0.3) is 0 Å². The number of aromatic nitrogens is 4. The molecule has 4 rings (SSSR count). The van der Waals surface area contributed by atoms with Gasteiger partial charge in [-0.25, -0.2) is 4.98 Å². The van der Waals surface area contributed by atoms with Crippen molar-refractivity contribution in [2.45, 2.75) is 52.6 Å². The molecular formula is C19H27N5O. The highest BCUT2D eigenvalue weighted by molar-refractivity contribution is 5.79. The number of aryl methyl sites for hydroxylation is 3. The van der Waals surface area contributed by atoms with E-state index in [1.165, 1.54) is 11.4 Å². The van der Waals surface area contributed by atoms with Crippen molar-refractivity contribution in [3.63, 3.8) is 0 Å². The van der Waals surface area contributed by atoms with Crippen LogP contribution in [0.25, 0.3) is 0 Å². The molecule has 4 heterocycles. The molecule has 1 atom stereocenters. The first-order valence-corrected chi connectivity index (χ1v) is 9.39. The average molecular weight is 341 g/mol. The lowest BCUT2D eigenvalue weighted by molar-refractivity contribution is -0.137. The maximum Gasteiger partial charge on any atom is 0.226 e. The van der Waals surface area contributed by atoms with Crippen molar-refractivity contribution in [2.24, 2.45) is 11.8 Å². The smallest absolute Gasteiger partial charge is 0.226 e. The van der Waals surface area contributed by atoms with E-state index in [4.69, 9.17) is 0 Å². The molecule has 0 radical (unpaired) electrons. The SMILES string of the molecule is Cc1cc(C)n(CC2CCN(C(=O)[C@H]3CCn4cncc4C3)CC2)n1. The number of nitrogens with zero attached hydrogens (tertiary/aromatic N) is 5. The molecule has 25 heavy (non-hydrogen) atoms. The van der Waals surface area contributed by atoms with Crippen molar-refractivity contribution in [1.82, 2.24) is 24.2 Å². The standard InChI is InChI=1S/C19H27N5O/c1-14-9-15(2)24(21-14)12-16-3-6-22(7-4-16)19(25)17-5-8-23-13-20-11-18(23)10-17/h9,11,13,16-17H,3-8,10,12H2,1-2H3/t17-/m0/s1. The number of hydrogen-bond acceptors (Lipinski definition) is 3. The first-order valence-electron chi connectivity index (χ1n) is 9.39. The molecule has 0 aromatic carbocycles. The van der Waals surface area contributed by atoms with Crippen LogP contribution in [0.2, 0.25) is 0 Å². The quantitative estimate of drug-likeness (QED) is 0.860. The van der Waals surface area contributed by atoms with Gasteiger partial charge >= 0.3 is 0 Å². The van der Waals surface area contributed by atoms with Crippen LogP contribution in [0.5, 0.6) is 0 Å². The number of amides is 1. The highest BCUT2D eigenvalue weighted by Crippen LogP contribution is 2.25. The molecule has 1 amide bonds. The number of fused-ring (bicyclic) bond motifs is 1. The summed E-state index contributed by atoms with van der Waals surface area (Å²) in [5.41, 5.74) is 3.51. The van der Waals surface area contributed by atoms with Gasteiger partial charge in [0.1, 0.15) is 0 Å². The van der Waals surface area contributed by atoms with Gasteiger partial charge in [-0.1, -0.05) is 0 Å². The van der Waals surface area contributed by atoms with Crippen molar-refractivity contribution in [2.75, 3.05) is 13.1 Å². The van der Waals surface area contributed by atoms with Crippen molar-refractivity contribution in [1.29, 1.82) is 0 Å². The normalized spacial score (nSPS) is 21.4. The summed E-state index contributed by atoms with van der Waals surface area (Å²) in [5.74, 6) is 1.10. The van der Waals surface area contributed by atoms with E-state index < -0.39 is 0 Å². The van der Waals surface area contributed by atoms with Gasteiger partial charge in [0.05, 0.1) is 12.0 Å². The molecule has 0 bridgehead atoms. The van der Waals surface area contributed by atoms with Gasteiger partial charge in [0.2, 0.25) is 5.91 Å². The Balaban J connectivity index is 1.31. The van der Waals surface area contributed by atoms with Crippen LogP contribution in [0.3, 0.4) is 0 Å². The van der Waals surface area contributed by atoms with Gasteiger partial charge in [-0.3, -0.25) is 9.48 Å². The van der Waals surface area contributed by atoms with E-state index >= 15 is 0 Å². The topological polar surface area (TPSA) is 56.0 Å². The average Bonchev–Trinajstić information content (AvgIpc) is 3.20. The molecule has 0 spiro atoms. The molecule has 0 unspecified atom stereocenters. The number of carbonyl (C=O) groups excluding carboxylic acids is 1. The van der Waals surface area contributed by atoms with Crippen LogP contribution in [-0.4, -0.2) is 43.2 Å². The molecular weight excluding hydrogens is 314 g/mol. The van der Waals surface area contributed by atoms with Crippen LogP contribution in [0.15, 0.2) is 18.6 Å². The number of hydrogen-bond donors (Lipinski definition) is 0. The van der Waals surface area contributed by atoms with Crippen LogP contribution in [-0.2, 0) is 24.3 Å². The number of rotatable bonds is 3. The van der Waals surface area contributed by atoms with E-state index in [2.05, 4.69) is 37.2 Å². The van der Waals surface area contributed by atoms with E-state index in [1.807, 2.05) is 19.4 Å². The minimum Gasteiger partial charge on any atom is -0.342 e. The molecule has 0 aliphatic carbocycles. The van der Waals surface area contributed by atoms with Gasteiger partial charge in [-0.2, -0.15) is 5.10 Å². The molecule has 2 aromatic rings. The molecule has 134 valence electrons. The van der Waals surface area contributed by atoms with Gasteiger partial charge in [-0.15, -0.1) is 0 Å². The number of likely N-dealkylation sites (tertiary alicyclic amines) is 1. The molecule has 2 aromatic heterocycles. The summed E-state index contributed by atoms with van der Waals surface area (Å²) in [7, 11) is 0. The van der Waals surface area contributed by atoms with Crippen molar-refractivity contribution in [3.05, 3.63) is 35.7 Å². The molecule has 0 saturated carbocycles. The third kappa shape index (κ3) is 3.34. The Morgan fingerprint density at radius 3 is 2.72 bits per heavy atom. The molecule has 0 N–H and O–H groups in total. The summed E-state index contributed by atoms with van der Waals surface area (Å²) in [6.07, 6.45) is 7.71. The van der Waals surface area contributed by atoms with Crippen molar-refractivity contribution < 1.29 is 4.79 Å². The number of carbonyl (C=O) groups is 1. The summed E-state index contributed by atoms with van der Waals surface area (Å²) in [6.45, 7) is 7.83. The monoisotopic (exact) mass is 341 g/mol. The molecule has 2 aliphatic heterocycles. The maximum atomic E-state index is 12.9. The minimum atomic E-state index is 0.136. The summed E-state index contributed by atoms with van der Waals surface area (Å²) in [5, 5.41) is 4.58. The highest BCUT2D eigenvalue weighted by Gasteiger charge is 2.31. The fourth-order valence-electron chi connectivity index (χ4n) is 4.28. The van der Waals surface area contributed by atoms with Crippen molar-refractivity contribution >= 4 is 5.91 Å². The van der Waals surface area contributed by atoms with Gasteiger partial charge in [0.15, 0.2) is 0 Å². The third-order valence-corrected chi connectivity index (χ3v) is 5.78. The second-order valence-corrected chi connectivity index (χ2v) is 7.65. The predicted molar refractivity (Wildman–Crippen MR) is 95.0 cm³/mol. The lowest BCUT2D eigenvalue weighted by atomic mass is 9.91. The summed E-state index contributed by atoms with van der Waals surface area (Å²) < 4.78 is 4.30. The molecule has 2 aliphatic rings. The second kappa shape index (κ2) is 6.65. The van der Waals surface area contributed by atoms with E-state index in [1.54, 1.807) is 0 Å². The van der Waals surface area contributed by atoms with Crippen LogP contribution < -0.4 is 0 Å². The molecule has 1 fully saturated rings. The summed E-state index contributed by atoms with van der Waals surface area (Å²) in [4.78, 5) is 19.2. The third-order valence-electron chi connectivity index (χ3n) is 5.78. The lowest BCUT2D eigenvalue weighted by Crippen LogP contribution is -2.44. The number of piperidine rings is 1. The molecule has 1 saturated heterocycles. The number of imidazole rings is 1. The van der Waals surface area contributed by atoms with Gasteiger partial charge in [-0.05, 0) is 45.1 Å². The first-order chi connectivity index (χ1) is 12.1. The Hall–Kier alpha value is -2.11.